The minimum atomic E-state index is -0.0102. The first kappa shape index (κ1) is 13.3. The first-order chi connectivity index (χ1) is 9.22. The van der Waals surface area contributed by atoms with Crippen molar-refractivity contribution in [3.05, 3.63) is 48.0 Å². The topological polar surface area (TPSA) is 70.1 Å². The number of ketones is 1. The number of carbonyl (C=O) groups excluding carboxylic acids is 1. The molecule has 0 atom stereocenters. The fourth-order valence-corrected chi connectivity index (χ4v) is 1.83. The molecule has 0 radical (unpaired) electrons. The van der Waals surface area contributed by atoms with Crippen LogP contribution in [0.2, 0.25) is 0 Å². The van der Waals surface area contributed by atoms with Gasteiger partial charge in [-0.05, 0) is 17.7 Å². The van der Waals surface area contributed by atoms with Crippen molar-refractivity contribution in [3.8, 4) is 5.75 Å². The van der Waals surface area contributed by atoms with Crippen molar-refractivity contribution in [2.24, 2.45) is 5.73 Å². The second-order valence-electron chi connectivity index (χ2n) is 4.24. The molecule has 0 aliphatic heterocycles. The van der Waals surface area contributed by atoms with Crippen LogP contribution < -0.4 is 10.5 Å². The predicted octanol–water partition coefficient (Wildman–Crippen LogP) is 1.28. The first-order valence-corrected chi connectivity index (χ1v) is 6.11. The maximum atomic E-state index is 12.1. The summed E-state index contributed by atoms with van der Waals surface area (Å²) in [6, 6.07) is 7.48. The molecular weight excluding hydrogens is 242 g/mol. The van der Waals surface area contributed by atoms with Gasteiger partial charge in [0.05, 0.1) is 13.4 Å². The number of benzene rings is 1. The molecule has 0 spiro atoms. The molecule has 0 saturated carbocycles. The number of hydrogen-bond acceptors (Lipinski definition) is 4. The molecule has 1 aromatic carbocycles. The van der Waals surface area contributed by atoms with Gasteiger partial charge in [0.1, 0.15) is 11.4 Å². The zero-order chi connectivity index (χ0) is 13.7. The molecule has 0 aliphatic carbocycles. The van der Waals surface area contributed by atoms with Crippen LogP contribution in [-0.2, 0) is 13.0 Å². The molecule has 0 unspecified atom stereocenters. The second kappa shape index (κ2) is 6.15. The molecule has 0 amide bonds. The van der Waals surface area contributed by atoms with E-state index in [1.165, 1.54) is 0 Å². The van der Waals surface area contributed by atoms with Gasteiger partial charge in [-0.25, -0.2) is 4.98 Å². The van der Waals surface area contributed by atoms with Crippen molar-refractivity contribution in [2.45, 2.75) is 13.0 Å². The Morgan fingerprint density at radius 2 is 2.32 bits per heavy atom. The number of aromatic nitrogens is 2. The number of Topliss-reactive ketones (excluding diaryl/α,β-unsaturated/α-hetero) is 1. The van der Waals surface area contributed by atoms with Gasteiger partial charge in [-0.2, -0.15) is 0 Å². The van der Waals surface area contributed by atoms with E-state index >= 15 is 0 Å². The Balaban J connectivity index is 2.06. The number of carbonyl (C=O) groups is 1. The molecule has 2 rings (SSSR count). The van der Waals surface area contributed by atoms with Crippen LogP contribution in [0.25, 0.3) is 0 Å². The van der Waals surface area contributed by atoms with Crippen molar-refractivity contribution >= 4 is 5.78 Å². The lowest BCUT2D eigenvalue weighted by Gasteiger charge is -2.02. The molecule has 0 aliphatic rings. The number of rotatable bonds is 6. The molecule has 1 heterocycles. The zero-order valence-electron chi connectivity index (χ0n) is 10.9. The van der Waals surface area contributed by atoms with Crippen LogP contribution in [0.4, 0.5) is 0 Å². The van der Waals surface area contributed by atoms with Gasteiger partial charge >= 0.3 is 0 Å². The Morgan fingerprint density at radius 1 is 1.47 bits per heavy atom. The fourth-order valence-electron chi connectivity index (χ4n) is 1.83. The molecule has 0 saturated heterocycles. The highest BCUT2D eigenvalue weighted by molar-refractivity contribution is 5.95. The summed E-state index contributed by atoms with van der Waals surface area (Å²) >= 11 is 0. The fraction of sp³-hybridized carbons (Fsp3) is 0.286. The van der Waals surface area contributed by atoms with Crippen molar-refractivity contribution in [2.75, 3.05) is 13.7 Å². The predicted molar refractivity (Wildman–Crippen MR) is 72.3 cm³/mol. The minimum absolute atomic E-state index is 0.0102. The van der Waals surface area contributed by atoms with Gasteiger partial charge in [-0.1, -0.05) is 12.1 Å². The van der Waals surface area contributed by atoms with Gasteiger partial charge in [0.2, 0.25) is 0 Å². The molecule has 100 valence electrons. The molecule has 2 aromatic rings. The molecular formula is C14H17N3O2. The van der Waals surface area contributed by atoms with Crippen LogP contribution in [0.3, 0.4) is 0 Å². The summed E-state index contributed by atoms with van der Waals surface area (Å²) in [5.74, 6) is 0.739. The quantitative estimate of drug-likeness (QED) is 0.793. The molecule has 5 heteroatoms. The van der Waals surface area contributed by atoms with Gasteiger partial charge in [-0.15, -0.1) is 0 Å². The Bertz CT molecular complexity index is 563. The van der Waals surface area contributed by atoms with Crippen molar-refractivity contribution in [3.63, 3.8) is 0 Å². The average molecular weight is 259 g/mol. The van der Waals surface area contributed by atoms with E-state index in [2.05, 4.69) is 4.98 Å². The normalized spacial score (nSPS) is 10.4. The van der Waals surface area contributed by atoms with E-state index in [4.69, 9.17) is 10.5 Å². The second-order valence-corrected chi connectivity index (χ2v) is 4.24. The van der Waals surface area contributed by atoms with Gasteiger partial charge in [0.15, 0.2) is 5.78 Å². The van der Waals surface area contributed by atoms with E-state index in [-0.39, 0.29) is 5.78 Å². The van der Waals surface area contributed by atoms with Crippen LogP contribution in [-0.4, -0.2) is 29.0 Å². The highest BCUT2D eigenvalue weighted by atomic mass is 16.5. The SMILES string of the molecule is COc1cccc(CC(=O)c2cn(CCN)cn2)c1. The summed E-state index contributed by atoms with van der Waals surface area (Å²) < 4.78 is 6.95. The Hall–Kier alpha value is -2.14. The minimum Gasteiger partial charge on any atom is -0.497 e. The third-order valence-corrected chi connectivity index (χ3v) is 2.81. The number of imidazole rings is 1. The summed E-state index contributed by atoms with van der Waals surface area (Å²) in [5.41, 5.74) is 6.84. The van der Waals surface area contributed by atoms with Gasteiger partial charge in [0, 0.05) is 25.7 Å². The van der Waals surface area contributed by atoms with Gasteiger partial charge < -0.3 is 15.0 Å². The Labute approximate surface area is 112 Å². The van der Waals surface area contributed by atoms with Crippen molar-refractivity contribution in [1.29, 1.82) is 0 Å². The number of nitrogens with zero attached hydrogens (tertiary/aromatic N) is 2. The van der Waals surface area contributed by atoms with Crippen LogP contribution in [0.5, 0.6) is 5.75 Å². The average Bonchev–Trinajstić information content (AvgIpc) is 2.88. The standard InChI is InChI=1S/C14H17N3O2/c1-19-12-4-2-3-11(7-12)8-14(18)13-9-17(6-5-15)10-16-13/h2-4,7,9-10H,5-6,8,15H2,1H3. The third kappa shape index (κ3) is 3.42. The van der Waals surface area contributed by atoms with Crippen molar-refractivity contribution in [1.82, 2.24) is 9.55 Å². The number of ether oxygens (including phenoxy) is 1. The van der Waals surface area contributed by atoms with Gasteiger partial charge in [-0.3, -0.25) is 4.79 Å². The lowest BCUT2D eigenvalue weighted by Crippen LogP contribution is -2.08. The summed E-state index contributed by atoms with van der Waals surface area (Å²) in [4.78, 5) is 16.2. The molecule has 0 bridgehead atoms. The van der Waals surface area contributed by atoms with Crippen molar-refractivity contribution < 1.29 is 9.53 Å². The molecule has 19 heavy (non-hydrogen) atoms. The van der Waals surface area contributed by atoms with E-state index in [9.17, 15) is 4.79 Å². The van der Waals surface area contributed by atoms with E-state index in [0.29, 0.717) is 25.2 Å². The molecule has 1 aromatic heterocycles. The maximum Gasteiger partial charge on any atom is 0.187 e. The number of hydrogen-bond donors (Lipinski definition) is 1. The smallest absolute Gasteiger partial charge is 0.187 e. The largest absolute Gasteiger partial charge is 0.497 e. The number of nitrogens with two attached hydrogens (primary N) is 1. The van der Waals surface area contributed by atoms with Crippen LogP contribution in [0.1, 0.15) is 16.1 Å². The van der Waals surface area contributed by atoms with Gasteiger partial charge in [0.25, 0.3) is 0 Å². The van der Waals surface area contributed by atoms with E-state index in [0.717, 1.165) is 11.3 Å². The van der Waals surface area contributed by atoms with E-state index in [1.54, 1.807) is 19.6 Å². The van der Waals surface area contributed by atoms with Crippen LogP contribution >= 0.6 is 0 Å². The maximum absolute atomic E-state index is 12.1. The highest BCUT2D eigenvalue weighted by Crippen LogP contribution is 2.14. The lowest BCUT2D eigenvalue weighted by molar-refractivity contribution is 0.0988. The Kier molecular flexibility index (Phi) is 4.30. The molecule has 5 nitrogen and oxygen atoms in total. The summed E-state index contributed by atoms with van der Waals surface area (Å²) in [5, 5.41) is 0. The third-order valence-electron chi connectivity index (χ3n) is 2.81. The summed E-state index contributed by atoms with van der Waals surface area (Å²) in [6.45, 7) is 1.19. The zero-order valence-corrected chi connectivity index (χ0v) is 10.9. The summed E-state index contributed by atoms with van der Waals surface area (Å²) in [6.07, 6.45) is 3.68. The van der Waals surface area contributed by atoms with E-state index in [1.807, 2.05) is 28.8 Å². The lowest BCUT2D eigenvalue weighted by atomic mass is 10.1. The molecule has 0 fully saturated rings. The number of methoxy groups -OCH3 is 1. The monoisotopic (exact) mass is 259 g/mol. The van der Waals surface area contributed by atoms with Crippen LogP contribution in [0, 0.1) is 0 Å². The summed E-state index contributed by atoms with van der Waals surface area (Å²) in [7, 11) is 1.61. The Morgan fingerprint density at radius 3 is 3.05 bits per heavy atom. The first-order valence-electron chi connectivity index (χ1n) is 6.11. The van der Waals surface area contributed by atoms with Crippen LogP contribution in [0.15, 0.2) is 36.8 Å². The van der Waals surface area contributed by atoms with E-state index < -0.39 is 0 Å². The molecule has 2 N–H and O–H groups in total. The highest BCUT2D eigenvalue weighted by Gasteiger charge is 2.10.